The van der Waals surface area contributed by atoms with Gasteiger partial charge in [-0.1, -0.05) is 29.3 Å². The maximum Gasteiger partial charge on any atom is 0.332 e. The monoisotopic (exact) mass is 354 g/mol. The van der Waals surface area contributed by atoms with E-state index in [4.69, 9.17) is 23.2 Å². The lowest BCUT2D eigenvalue weighted by molar-refractivity contribution is 0.678. The van der Waals surface area contributed by atoms with E-state index < -0.39 is 0 Å². The second kappa shape index (κ2) is 5.57. The molecule has 2 heterocycles. The molecule has 22 heavy (non-hydrogen) atoms. The van der Waals surface area contributed by atoms with Gasteiger partial charge in [-0.15, -0.1) is 11.3 Å². The van der Waals surface area contributed by atoms with Gasteiger partial charge < -0.3 is 0 Å². The largest absolute Gasteiger partial charge is 0.332 e. The predicted octanol–water partition coefficient (Wildman–Crippen LogP) is 3.43. The van der Waals surface area contributed by atoms with Crippen molar-refractivity contribution in [3.63, 3.8) is 0 Å². The zero-order valence-corrected chi connectivity index (χ0v) is 14.2. The molecule has 2 aromatic heterocycles. The molecule has 0 aliphatic heterocycles. The average molecular weight is 355 g/mol. The lowest BCUT2D eigenvalue weighted by Crippen LogP contribution is -2.37. The van der Waals surface area contributed by atoms with Crippen molar-refractivity contribution in [1.29, 1.82) is 0 Å². The van der Waals surface area contributed by atoms with Crippen LogP contribution < -0.4 is 11.2 Å². The normalized spacial score (nSPS) is 11.3. The topological polar surface area (TPSA) is 44.0 Å². The lowest BCUT2D eigenvalue weighted by Gasteiger charge is -2.11. The molecule has 0 amide bonds. The Kier molecular flexibility index (Phi) is 3.89. The minimum absolute atomic E-state index is 0.275. The van der Waals surface area contributed by atoms with Gasteiger partial charge in [-0.05, 0) is 30.7 Å². The van der Waals surface area contributed by atoms with Gasteiger partial charge in [-0.25, -0.2) is 4.79 Å². The molecule has 114 valence electrons. The molecule has 0 atom stereocenters. The fraction of sp³-hybridized carbons (Fsp3) is 0.200. The first-order chi connectivity index (χ1) is 10.4. The van der Waals surface area contributed by atoms with Gasteiger partial charge in [0.15, 0.2) is 0 Å². The maximum atomic E-state index is 12.5. The summed E-state index contributed by atoms with van der Waals surface area (Å²) in [7, 11) is 1.48. The molecule has 0 spiro atoms. The van der Waals surface area contributed by atoms with Crippen LogP contribution in [0.3, 0.4) is 0 Å². The van der Waals surface area contributed by atoms with Gasteiger partial charge in [0.1, 0.15) is 4.83 Å². The summed E-state index contributed by atoms with van der Waals surface area (Å²) in [6.07, 6.45) is 0. The van der Waals surface area contributed by atoms with Crippen LogP contribution in [0.1, 0.15) is 10.4 Å². The third kappa shape index (κ3) is 2.49. The first kappa shape index (κ1) is 15.3. The Morgan fingerprint density at radius 1 is 1.18 bits per heavy atom. The van der Waals surface area contributed by atoms with Crippen LogP contribution in [0.25, 0.3) is 10.2 Å². The molecule has 0 N–H and O–H groups in total. The third-order valence-corrected chi connectivity index (χ3v) is 5.14. The Hall–Kier alpha value is -1.56. The Morgan fingerprint density at radius 2 is 1.91 bits per heavy atom. The smallest absolute Gasteiger partial charge is 0.280 e. The lowest BCUT2D eigenvalue weighted by atomic mass is 10.2. The van der Waals surface area contributed by atoms with Gasteiger partial charge in [-0.2, -0.15) is 0 Å². The Labute approximate surface area is 140 Å². The number of nitrogens with zero attached hydrogens (tertiary/aromatic N) is 2. The molecule has 1 aromatic carbocycles. The number of fused-ring (bicyclic) bond motifs is 1. The van der Waals surface area contributed by atoms with E-state index in [2.05, 4.69) is 0 Å². The van der Waals surface area contributed by atoms with Crippen molar-refractivity contribution in [3.8, 4) is 0 Å². The van der Waals surface area contributed by atoms with Gasteiger partial charge in [0.05, 0.1) is 11.9 Å². The van der Waals surface area contributed by atoms with E-state index >= 15 is 0 Å². The van der Waals surface area contributed by atoms with Crippen LogP contribution >= 0.6 is 34.5 Å². The van der Waals surface area contributed by atoms with Crippen LogP contribution in [0.2, 0.25) is 10.0 Å². The van der Waals surface area contributed by atoms with Crippen LogP contribution in [0.5, 0.6) is 0 Å². The molecule has 0 radical (unpaired) electrons. The maximum absolute atomic E-state index is 12.5. The summed E-state index contributed by atoms with van der Waals surface area (Å²) in [6, 6.07) is 6.96. The van der Waals surface area contributed by atoms with Crippen LogP contribution in [0.4, 0.5) is 0 Å². The molecule has 0 unspecified atom stereocenters. The number of rotatable bonds is 2. The van der Waals surface area contributed by atoms with Crippen LogP contribution in [0, 0.1) is 6.92 Å². The van der Waals surface area contributed by atoms with Gasteiger partial charge >= 0.3 is 5.69 Å². The number of hydrogen-bond donors (Lipinski definition) is 0. The third-order valence-electron chi connectivity index (χ3n) is 3.48. The van der Waals surface area contributed by atoms with Crippen molar-refractivity contribution in [1.82, 2.24) is 9.13 Å². The number of halogens is 2. The summed E-state index contributed by atoms with van der Waals surface area (Å²) in [5.41, 5.74) is 0.146. The quantitative estimate of drug-likeness (QED) is 0.707. The van der Waals surface area contributed by atoms with E-state index in [0.29, 0.717) is 26.8 Å². The summed E-state index contributed by atoms with van der Waals surface area (Å²) in [6.45, 7) is 2.20. The number of aryl methyl sites for hydroxylation is 1. The summed E-state index contributed by atoms with van der Waals surface area (Å²) in [5.74, 6) is 0. The SMILES string of the molecule is Cc1cc2c(=O)n(C)c(=O)n(Cc3ccc(Cl)cc3Cl)c2s1. The molecular formula is C15H12Cl2N2O2S. The van der Waals surface area contributed by atoms with Gasteiger partial charge in [-0.3, -0.25) is 13.9 Å². The molecule has 0 saturated heterocycles. The highest BCUT2D eigenvalue weighted by Gasteiger charge is 2.14. The van der Waals surface area contributed by atoms with Crippen LogP contribution in [-0.2, 0) is 13.6 Å². The molecule has 3 aromatic rings. The van der Waals surface area contributed by atoms with E-state index in [1.54, 1.807) is 22.8 Å². The molecule has 3 rings (SSSR count). The number of thiophene rings is 1. The van der Waals surface area contributed by atoms with Crippen LogP contribution in [0.15, 0.2) is 33.9 Å². The highest BCUT2D eigenvalue weighted by molar-refractivity contribution is 7.18. The first-order valence-corrected chi connectivity index (χ1v) is 8.09. The standard InChI is InChI=1S/C15H12Cl2N2O2S/c1-8-5-11-13(20)18(2)15(21)19(14(11)22-8)7-9-3-4-10(16)6-12(9)17/h3-6H,7H2,1-2H3. The second-order valence-corrected chi connectivity index (χ2v) is 7.12. The highest BCUT2D eigenvalue weighted by atomic mass is 35.5. The van der Waals surface area contributed by atoms with Crippen molar-refractivity contribution in [2.45, 2.75) is 13.5 Å². The molecule has 0 saturated carbocycles. The van der Waals surface area contributed by atoms with Crippen molar-refractivity contribution in [2.75, 3.05) is 0 Å². The summed E-state index contributed by atoms with van der Waals surface area (Å²) >= 11 is 13.5. The highest BCUT2D eigenvalue weighted by Crippen LogP contribution is 2.25. The van der Waals surface area contributed by atoms with Gasteiger partial charge in [0.25, 0.3) is 5.56 Å². The van der Waals surface area contributed by atoms with E-state index in [1.807, 2.05) is 13.0 Å². The Balaban J connectivity index is 2.26. The molecule has 0 aliphatic rings. The van der Waals surface area contributed by atoms with Gasteiger partial charge in [0, 0.05) is 22.0 Å². The molecular weight excluding hydrogens is 343 g/mol. The summed E-state index contributed by atoms with van der Waals surface area (Å²) in [5, 5.41) is 1.59. The number of benzene rings is 1. The minimum atomic E-state index is -0.356. The van der Waals surface area contributed by atoms with Crippen LogP contribution in [-0.4, -0.2) is 9.13 Å². The summed E-state index contributed by atoms with van der Waals surface area (Å²) < 4.78 is 2.70. The molecule has 4 nitrogen and oxygen atoms in total. The van der Waals surface area contributed by atoms with E-state index in [9.17, 15) is 9.59 Å². The molecule has 7 heteroatoms. The second-order valence-electron chi connectivity index (χ2n) is 5.04. The zero-order chi connectivity index (χ0) is 16.0. The van der Waals surface area contributed by atoms with E-state index in [0.717, 1.165) is 15.0 Å². The number of aromatic nitrogens is 2. The molecule has 0 fully saturated rings. The molecule has 0 aliphatic carbocycles. The zero-order valence-electron chi connectivity index (χ0n) is 11.9. The fourth-order valence-electron chi connectivity index (χ4n) is 2.35. The number of hydrogen-bond acceptors (Lipinski definition) is 3. The average Bonchev–Trinajstić information content (AvgIpc) is 2.85. The van der Waals surface area contributed by atoms with E-state index in [-0.39, 0.29) is 11.2 Å². The predicted molar refractivity (Wildman–Crippen MR) is 91.6 cm³/mol. The van der Waals surface area contributed by atoms with Crippen molar-refractivity contribution in [2.24, 2.45) is 7.05 Å². The summed E-state index contributed by atoms with van der Waals surface area (Å²) in [4.78, 5) is 26.3. The molecule has 0 bridgehead atoms. The van der Waals surface area contributed by atoms with Crippen molar-refractivity contribution in [3.05, 3.63) is 65.6 Å². The van der Waals surface area contributed by atoms with Gasteiger partial charge in [0.2, 0.25) is 0 Å². The minimum Gasteiger partial charge on any atom is -0.280 e. The van der Waals surface area contributed by atoms with E-state index in [1.165, 1.54) is 18.4 Å². The Morgan fingerprint density at radius 3 is 2.59 bits per heavy atom. The first-order valence-electron chi connectivity index (χ1n) is 6.52. The van der Waals surface area contributed by atoms with Crippen molar-refractivity contribution >= 4 is 44.8 Å². The van der Waals surface area contributed by atoms with Crippen molar-refractivity contribution < 1.29 is 0 Å². The Bertz CT molecular complexity index is 1000. The fourth-order valence-corrected chi connectivity index (χ4v) is 3.81.